The summed E-state index contributed by atoms with van der Waals surface area (Å²) in [4.78, 5) is 27.1. The molecule has 1 aromatic heterocycles. The summed E-state index contributed by atoms with van der Waals surface area (Å²) in [7, 11) is 0. The van der Waals surface area contributed by atoms with Gasteiger partial charge in [-0.15, -0.1) is 22.9 Å². The Morgan fingerprint density at radius 1 is 1.52 bits per heavy atom. The minimum Gasteiger partial charge on any atom is -0.444 e. The third-order valence-corrected chi connectivity index (χ3v) is 4.79. The summed E-state index contributed by atoms with van der Waals surface area (Å²) in [6.45, 7) is 8.05. The fourth-order valence-electron chi connectivity index (χ4n) is 2.57. The van der Waals surface area contributed by atoms with Crippen LogP contribution in [0.4, 0.5) is 4.79 Å². The molecule has 2 heterocycles. The van der Waals surface area contributed by atoms with Gasteiger partial charge in [-0.25, -0.2) is 4.79 Å². The summed E-state index contributed by atoms with van der Waals surface area (Å²) in [5, 5.41) is 4.21. The minimum absolute atomic E-state index is 0.110. The molecule has 0 radical (unpaired) electrons. The van der Waals surface area contributed by atoms with Crippen LogP contribution in [0.3, 0.4) is 0 Å². The summed E-state index contributed by atoms with van der Waals surface area (Å²) >= 11 is 7.58. The highest BCUT2D eigenvalue weighted by molar-refractivity contribution is 7.10. The van der Waals surface area contributed by atoms with Gasteiger partial charge in [0.05, 0.1) is 6.04 Å². The van der Waals surface area contributed by atoms with E-state index in [4.69, 9.17) is 16.3 Å². The molecule has 0 aliphatic carbocycles. The Hall–Kier alpha value is -1.27. The van der Waals surface area contributed by atoms with Crippen LogP contribution < -0.4 is 5.32 Å². The van der Waals surface area contributed by atoms with Crippen molar-refractivity contribution in [2.24, 2.45) is 0 Å². The molecule has 5 nitrogen and oxygen atoms in total. The van der Waals surface area contributed by atoms with Crippen molar-refractivity contribution in [3.63, 3.8) is 0 Å². The maximum Gasteiger partial charge on any atom is 0.407 e. The largest absolute Gasteiger partial charge is 0.444 e. The first kappa shape index (κ1) is 18.1. The molecule has 2 unspecified atom stereocenters. The van der Waals surface area contributed by atoms with E-state index in [-0.39, 0.29) is 11.9 Å². The van der Waals surface area contributed by atoms with Gasteiger partial charge in [-0.3, -0.25) is 4.79 Å². The first-order chi connectivity index (χ1) is 10.7. The fraction of sp³-hybridized carbons (Fsp3) is 0.625. The molecular formula is C16H23ClN2O3S. The molecule has 0 fully saturated rings. The summed E-state index contributed by atoms with van der Waals surface area (Å²) in [6.07, 6.45) is 0.337. The van der Waals surface area contributed by atoms with E-state index in [0.29, 0.717) is 13.1 Å². The third kappa shape index (κ3) is 4.61. The van der Waals surface area contributed by atoms with Crippen molar-refractivity contribution < 1.29 is 14.3 Å². The van der Waals surface area contributed by atoms with Gasteiger partial charge < -0.3 is 15.0 Å². The number of alkyl carbamates (subject to hydrolysis) is 1. The minimum atomic E-state index is -0.583. The van der Waals surface area contributed by atoms with E-state index in [0.717, 1.165) is 11.3 Å². The number of rotatable bonds is 3. The van der Waals surface area contributed by atoms with Gasteiger partial charge in [0.25, 0.3) is 0 Å². The van der Waals surface area contributed by atoms with E-state index in [2.05, 4.69) is 11.4 Å². The van der Waals surface area contributed by atoms with Crippen molar-refractivity contribution in [3.05, 3.63) is 21.9 Å². The van der Waals surface area contributed by atoms with Gasteiger partial charge in [0.1, 0.15) is 11.0 Å². The molecule has 1 aliphatic heterocycles. The number of carbonyl (C=O) groups excluding carboxylic acids is 2. The molecule has 1 aromatic rings. The number of hydrogen-bond acceptors (Lipinski definition) is 4. The molecule has 0 saturated heterocycles. The number of hydrogen-bond donors (Lipinski definition) is 1. The Balaban J connectivity index is 2.11. The lowest BCUT2D eigenvalue weighted by molar-refractivity contribution is -0.133. The van der Waals surface area contributed by atoms with Crippen molar-refractivity contribution in [2.45, 2.75) is 51.1 Å². The Bertz CT molecular complexity index is 580. The maximum atomic E-state index is 12.4. The van der Waals surface area contributed by atoms with Crippen LogP contribution in [0.25, 0.3) is 0 Å². The highest BCUT2D eigenvalue weighted by Crippen LogP contribution is 2.34. The second-order valence-corrected chi connectivity index (χ2v) is 8.21. The highest BCUT2D eigenvalue weighted by atomic mass is 35.5. The zero-order valence-electron chi connectivity index (χ0n) is 13.9. The normalized spacial score (nSPS) is 19.0. The first-order valence-corrected chi connectivity index (χ1v) is 8.98. The Morgan fingerprint density at radius 2 is 2.22 bits per heavy atom. The molecule has 0 saturated carbocycles. The molecule has 0 bridgehead atoms. The van der Waals surface area contributed by atoms with Crippen molar-refractivity contribution in [1.29, 1.82) is 0 Å². The monoisotopic (exact) mass is 358 g/mol. The number of thiophene rings is 1. The van der Waals surface area contributed by atoms with Crippen LogP contribution in [0.2, 0.25) is 0 Å². The zero-order valence-corrected chi connectivity index (χ0v) is 15.5. The van der Waals surface area contributed by atoms with Crippen molar-refractivity contribution in [3.8, 4) is 0 Å². The van der Waals surface area contributed by atoms with E-state index in [1.807, 2.05) is 26.2 Å². The van der Waals surface area contributed by atoms with Gasteiger partial charge in [-0.2, -0.15) is 0 Å². The molecule has 0 aromatic carbocycles. The van der Waals surface area contributed by atoms with Crippen LogP contribution in [-0.2, 0) is 16.0 Å². The average Bonchev–Trinajstić information content (AvgIpc) is 2.90. The Morgan fingerprint density at radius 3 is 2.83 bits per heavy atom. The lowest BCUT2D eigenvalue weighted by Gasteiger charge is -2.36. The van der Waals surface area contributed by atoms with Crippen LogP contribution in [0.1, 0.15) is 44.2 Å². The number of alkyl halides is 1. The topological polar surface area (TPSA) is 58.6 Å². The van der Waals surface area contributed by atoms with Crippen molar-refractivity contribution in [1.82, 2.24) is 10.2 Å². The fourth-order valence-corrected chi connectivity index (χ4v) is 3.77. The third-order valence-electron chi connectivity index (χ3n) is 3.54. The van der Waals surface area contributed by atoms with E-state index in [1.165, 1.54) is 5.56 Å². The molecule has 2 rings (SSSR count). The smallest absolute Gasteiger partial charge is 0.407 e. The van der Waals surface area contributed by atoms with Gasteiger partial charge in [0.2, 0.25) is 5.91 Å². The lowest BCUT2D eigenvalue weighted by Crippen LogP contribution is -2.47. The van der Waals surface area contributed by atoms with Crippen LogP contribution in [0, 0.1) is 0 Å². The summed E-state index contributed by atoms with van der Waals surface area (Å²) in [5.41, 5.74) is 0.683. The molecule has 0 spiro atoms. The summed E-state index contributed by atoms with van der Waals surface area (Å²) in [6, 6.07) is 1.88. The average molecular weight is 359 g/mol. The number of nitrogens with one attached hydrogen (secondary N) is 1. The van der Waals surface area contributed by atoms with Crippen LogP contribution in [0.15, 0.2) is 11.4 Å². The van der Waals surface area contributed by atoms with Crippen molar-refractivity contribution >= 4 is 34.9 Å². The maximum absolute atomic E-state index is 12.4. The van der Waals surface area contributed by atoms with Gasteiger partial charge in [0.15, 0.2) is 0 Å². The molecule has 23 heavy (non-hydrogen) atoms. The number of amides is 2. The van der Waals surface area contributed by atoms with Gasteiger partial charge in [0, 0.05) is 18.0 Å². The Labute approximate surface area is 145 Å². The molecule has 1 aliphatic rings. The number of ether oxygens (including phenoxy) is 1. The first-order valence-electron chi connectivity index (χ1n) is 7.66. The Kier molecular flexibility index (Phi) is 5.57. The summed E-state index contributed by atoms with van der Waals surface area (Å²) in [5.74, 6) is -0.110. The van der Waals surface area contributed by atoms with E-state index in [1.54, 1.807) is 23.2 Å². The molecule has 128 valence electrons. The van der Waals surface area contributed by atoms with Crippen LogP contribution in [0.5, 0.6) is 0 Å². The summed E-state index contributed by atoms with van der Waals surface area (Å²) < 4.78 is 5.27. The standard InChI is InChI=1S/C16H23ClN2O3S/c1-10(17)14(20)19-7-5-11-6-8-23-13(11)12(19)9-18-15(21)22-16(2,3)4/h6,8,10,12H,5,7,9H2,1-4H3,(H,18,21). The van der Waals surface area contributed by atoms with Crippen LogP contribution >= 0.6 is 22.9 Å². The van der Waals surface area contributed by atoms with Crippen LogP contribution in [-0.4, -0.2) is 41.0 Å². The molecular weight excluding hydrogens is 336 g/mol. The second-order valence-electron chi connectivity index (χ2n) is 6.61. The quantitative estimate of drug-likeness (QED) is 0.843. The SMILES string of the molecule is CC(Cl)C(=O)N1CCc2ccsc2C1CNC(=O)OC(C)(C)C. The van der Waals surface area contributed by atoms with Gasteiger partial charge in [-0.05, 0) is 51.1 Å². The highest BCUT2D eigenvalue weighted by Gasteiger charge is 2.33. The number of carbonyl (C=O) groups is 2. The van der Waals surface area contributed by atoms with Gasteiger partial charge in [-0.1, -0.05) is 0 Å². The number of halogens is 1. The number of nitrogens with zero attached hydrogens (tertiary/aromatic N) is 1. The lowest BCUT2D eigenvalue weighted by atomic mass is 10.0. The van der Waals surface area contributed by atoms with E-state index < -0.39 is 17.1 Å². The second kappa shape index (κ2) is 7.09. The molecule has 7 heteroatoms. The molecule has 1 N–H and O–H groups in total. The molecule has 2 atom stereocenters. The number of fused-ring (bicyclic) bond motifs is 1. The zero-order chi connectivity index (χ0) is 17.2. The van der Waals surface area contributed by atoms with Crippen molar-refractivity contribution in [2.75, 3.05) is 13.1 Å². The predicted octanol–water partition coefficient (Wildman–Crippen LogP) is 3.33. The van der Waals surface area contributed by atoms with E-state index >= 15 is 0 Å². The van der Waals surface area contributed by atoms with Gasteiger partial charge >= 0.3 is 6.09 Å². The molecule has 2 amide bonds. The predicted molar refractivity (Wildman–Crippen MR) is 92.0 cm³/mol. The van der Waals surface area contributed by atoms with E-state index in [9.17, 15) is 9.59 Å².